The van der Waals surface area contributed by atoms with E-state index < -0.39 is 0 Å². The Morgan fingerprint density at radius 3 is 2.77 bits per heavy atom. The standard InChI is InChI=1S/C11H11NO/c12-7-10-4-9(3-8-1-2-8)5-11(13)6-10/h4-6,8,13H,1-3H2. The van der Waals surface area contributed by atoms with Crippen molar-refractivity contribution < 1.29 is 5.11 Å². The summed E-state index contributed by atoms with van der Waals surface area (Å²) in [5, 5.41) is 18.0. The van der Waals surface area contributed by atoms with Gasteiger partial charge in [-0.2, -0.15) is 5.26 Å². The molecule has 0 saturated heterocycles. The number of hydrogen-bond acceptors (Lipinski definition) is 2. The topological polar surface area (TPSA) is 44.0 Å². The molecule has 1 saturated carbocycles. The number of phenolic OH excluding ortho intramolecular Hbond substituents is 1. The van der Waals surface area contributed by atoms with Crippen molar-refractivity contribution in [3.63, 3.8) is 0 Å². The van der Waals surface area contributed by atoms with Gasteiger partial charge in [0.2, 0.25) is 0 Å². The largest absolute Gasteiger partial charge is 0.508 e. The van der Waals surface area contributed by atoms with Gasteiger partial charge in [-0.3, -0.25) is 0 Å². The van der Waals surface area contributed by atoms with E-state index >= 15 is 0 Å². The summed E-state index contributed by atoms with van der Waals surface area (Å²) in [4.78, 5) is 0. The molecule has 1 aromatic rings. The van der Waals surface area contributed by atoms with Crippen molar-refractivity contribution >= 4 is 0 Å². The third-order valence-electron chi connectivity index (χ3n) is 2.33. The van der Waals surface area contributed by atoms with Gasteiger partial charge in [-0.1, -0.05) is 0 Å². The Labute approximate surface area is 77.4 Å². The van der Waals surface area contributed by atoms with E-state index in [1.165, 1.54) is 18.9 Å². The van der Waals surface area contributed by atoms with Crippen LogP contribution in [0.3, 0.4) is 0 Å². The van der Waals surface area contributed by atoms with Crippen LogP contribution in [0.2, 0.25) is 0 Å². The maximum atomic E-state index is 9.31. The smallest absolute Gasteiger partial charge is 0.117 e. The van der Waals surface area contributed by atoms with E-state index in [-0.39, 0.29) is 5.75 Å². The first-order chi connectivity index (χ1) is 6.28. The van der Waals surface area contributed by atoms with Crippen LogP contribution >= 0.6 is 0 Å². The quantitative estimate of drug-likeness (QED) is 0.745. The number of rotatable bonds is 2. The lowest BCUT2D eigenvalue weighted by molar-refractivity contribution is 0.474. The normalized spacial score (nSPS) is 15.3. The third-order valence-corrected chi connectivity index (χ3v) is 2.33. The van der Waals surface area contributed by atoms with Crippen molar-refractivity contribution in [3.8, 4) is 11.8 Å². The lowest BCUT2D eigenvalue weighted by Crippen LogP contribution is -1.88. The van der Waals surface area contributed by atoms with Gasteiger partial charge in [-0.05, 0) is 48.9 Å². The second-order valence-electron chi connectivity index (χ2n) is 3.65. The number of nitrogens with zero attached hydrogens (tertiary/aromatic N) is 1. The van der Waals surface area contributed by atoms with Crippen LogP contribution in [0, 0.1) is 17.2 Å². The maximum absolute atomic E-state index is 9.31. The Balaban J connectivity index is 2.24. The average Bonchev–Trinajstić information content (AvgIpc) is 2.87. The molecule has 2 nitrogen and oxygen atoms in total. The molecule has 0 radical (unpaired) electrons. The second-order valence-corrected chi connectivity index (χ2v) is 3.65. The Bertz CT molecular complexity index is 361. The van der Waals surface area contributed by atoms with Gasteiger partial charge in [-0.15, -0.1) is 0 Å². The average molecular weight is 173 g/mol. The van der Waals surface area contributed by atoms with E-state index in [0.717, 1.165) is 17.9 Å². The summed E-state index contributed by atoms with van der Waals surface area (Å²) in [5.74, 6) is 0.989. The zero-order valence-corrected chi connectivity index (χ0v) is 7.33. The van der Waals surface area contributed by atoms with Crippen molar-refractivity contribution in [1.82, 2.24) is 0 Å². The molecule has 0 amide bonds. The summed E-state index contributed by atoms with van der Waals surface area (Å²) >= 11 is 0. The predicted molar refractivity (Wildman–Crippen MR) is 49.2 cm³/mol. The van der Waals surface area contributed by atoms with Crippen molar-refractivity contribution in [1.29, 1.82) is 5.26 Å². The van der Waals surface area contributed by atoms with Crippen molar-refractivity contribution in [2.24, 2.45) is 5.92 Å². The first-order valence-electron chi connectivity index (χ1n) is 4.51. The number of aromatic hydroxyl groups is 1. The lowest BCUT2D eigenvalue weighted by atomic mass is 10.1. The summed E-state index contributed by atoms with van der Waals surface area (Å²) in [6, 6.07) is 7.15. The highest BCUT2D eigenvalue weighted by Crippen LogP contribution is 2.33. The summed E-state index contributed by atoms with van der Waals surface area (Å²) in [7, 11) is 0. The van der Waals surface area contributed by atoms with E-state index in [0.29, 0.717) is 5.56 Å². The highest BCUT2D eigenvalue weighted by Gasteiger charge is 2.21. The van der Waals surface area contributed by atoms with Crippen molar-refractivity contribution in [2.75, 3.05) is 0 Å². The summed E-state index contributed by atoms with van der Waals surface area (Å²) < 4.78 is 0. The Hall–Kier alpha value is -1.49. The van der Waals surface area contributed by atoms with Crippen LogP contribution in [0.15, 0.2) is 18.2 Å². The van der Waals surface area contributed by atoms with E-state index in [4.69, 9.17) is 5.26 Å². The Morgan fingerprint density at radius 2 is 2.15 bits per heavy atom. The maximum Gasteiger partial charge on any atom is 0.117 e. The van der Waals surface area contributed by atoms with Crippen LogP contribution in [-0.4, -0.2) is 5.11 Å². The number of phenols is 1. The van der Waals surface area contributed by atoms with Gasteiger partial charge in [0.05, 0.1) is 11.6 Å². The molecule has 0 bridgehead atoms. The third kappa shape index (κ3) is 2.00. The molecule has 0 heterocycles. The van der Waals surface area contributed by atoms with Gasteiger partial charge in [-0.25, -0.2) is 0 Å². The summed E-state index contributed by atoms with van der Waals surface area (Å²) in [6.07, 6.45) is 3.58. The highest BCUT2D eigenvalue weighted by molar-refractivity contribution is 5.40. The molecule has 1 aromatic carbocycles. The van der Waals surface area contributed by atoms with Gasteiger partial charge in [0.1, 0.15) is 5.75 Å². The van der Waals surface area contributed by atoms with Crippen LogP contribution in [-0.2, 0) is 6.42 Å². The molecule has 13 heavy (non-hydrogen) atoms. The van der Waals surface area contributed by atoms with Crippen molar-refractivity contribution in [2.45, 2.75) is 19.3 Å². The molecule has 2 rings (SSSR count). The monoisotopic (exact) mass is 173 g/mol. The highest BCUT2D eigenvalue weighted by atomic mass is 16.3. The minimum atomic E-state index is 0.203. The van der Waals surface area contributed by atoms with Crippen LogP contribution in [0.1, 0.15) is 24.0 Å². The molecule has 0 unspecified atom stereocenters. The molecule has 0 spiro atoms. The SMILES string of the molecule is N#Cc1cc(O)cc(CC2CC2)c1. The molecule has 1 N–H and O–H groups in total. The molecular formula is C11H11NO. The molecular weight excluding hydrogens is 162 g/mol. The van der Waals surface area contributed by atoms with E-state index in [1.54, 1.807) is 6.07 Å². The zero-order chi connectivity index (χ0) is 9.26. The zero-order valence-electron chi connectivity index (χ0n) is 7.33. The lowest BCUT2D eigenvalue weighted by Gasteiger charge is -2.00. The number of benzene rings is 1. The predicted octanol–water partition coefficient (Wildman–Crippen LogP) is 2.22. The van der Waals surface area contributed by atoms with Gasteiger partial charge in [0, 0.05) is 0 Å². The number of nitriles is 1. The van der Waals surface area contributed by atoms with E-state index in [9.17, 15) is 5.11 Å². The number of hydrogen-bond donors (Lipinski definition) is 1. The van der Waals surface area contributed by atoms with Crippen LogP contribution in [0.25, 0.3) is 0 Å². The Morgan fingerprint density at radius 1 is 1.38 bits per heavy atom. The van der Waals surface area contributed by atoms with Crippen molar-refractivity contribution in [3.05, 3.63) is 29.3 Å². The van der Waals surface area contributed by atoms with Crippen LogP contribution in [0.5, 0.6) is 5.75 Å². The molecule has 1 aliphatic rings. The molecule has 1 fully saturated rings. The van der Waals surface area contributed by atoms with Gasteiger partial charge >= 0.3 is 0 Å². The summed E-state index contributed by atoms with van der Waals surface area (Å²) in [5.41, 5.74) is 1.63. The molecule has 66 valence electrons. The van der Waals surface area contributed by atoms with E-state index in [2.05, 4.69) is 0 Å². The molecule has 0 aromatic heterocycles. The first kappa shape index (κ1) is 8.12. The Kier molecular flexibility index (Phi) is 1.94. The molecule has 2 heteroatoms. The second kappa shape index (κ2) is 3.10. The van der Waals surface area contributed by atoms with Crippen LogP contribution < -0.4 is 0 Å². The van der Waals surface area contributed by atoms with E-state index in [1.807, 2.05) is 12.1 Å². The van der Waals surface area contributed by atoms with Gasteiger partial charge < -0.3 is 5.11 Å². The first-order valence-corrected chi connectivity index (χ1v) is 4.51. The summed E-state index contributed by atoms with van der Waals surface area (Å²) in [6.45, 7) is 0. The minimum Gasteiger partial charge on any atom is -0.508 e. The minimum absolute atomic E-state index is 0.203. The van der Waals surface area contributed by atoms with Gasteiger partial charge in [0.15, 0.2) is 0 Å². The fourth-order valence-electron chi connectivity index (χ4n) is 1.51. The van der Waals surface area contributed by atoms with Gasteiger partial charge in [0.25, 0.3) is 0 Å². The van der Waals surface area contributed by atoms with Crippen LogP contribution in [0.4, 0.5) is 0 Å². The fourth-order valence-corrected chi connectivity index (χ4v) is 1.51. The fraction of sp³-hybridized carbons (Fsp3) is 0.364. The molecule has 0 atom stereocenters. The molecule has 0 aliphatic heterocycles. The molecule has 1 aliphatic carbocycles.